The number of H-pyrrole nitrogens is 1. The maximum absolute atomic E-state index is 3.79. The van der Waals surface area contributed by atoms with Crippen molar-refractivity contribution in [2.45, 2.75) is 52.4 Å². The number of nitrogens with one attached hydrogen (secondary N) is 1. The summed E-state index contributed by atoms with van der Waals surface area (Å²) in [7, 11) is 0. The number of aromatic nitrogens is 2. The fourth-order valence-corrected chi connectivity index (χ4v) is 9.40. The van der Waals surface area contributed by atoms with Crippen molar-refractivity contribution in [1.82, 2.24) is 9.55 Å². The number of hydrogen-bond donors (Lipinski definition) is 1. The second-order valence-electron chi connectivity index (χ2n) is 16.8. The molecule has 1 aliphatic carbocycles. The Balaban J connectivity index is 1.17. The maximum atomic E-state index is 3.79. The molecular formula is C51H45N3. The first-order valence-corrected chi connectivity index (χ1v) is 19.2. The molecule has 0 amide bonds. The lowest BCUT2D eigenvalue weighted by Crippen LogP contribution is -2.42. The van der Waals surface area contributed by atoms with Gasteiger partial charge >= 0.3 is 0 Å². The smallest absolute Gasteiger partial charge is 0.0542 e. The van der Waals surface area contributed by atoms with E-state index in [2.05, 4.69) is 214 Å². The summed E-state index contributed by atoms with van der Waals surface area (Å²) in [6.45, 7) is 14.6. The van der Waals surface area contributed by atoms with E-state index in [9.17, 15) is 0 Å². The molecule has 54 heavy (non-hydrogen) atoms. The molecule has 264 valence electrons. The Morgan fingerprint density at radius 2 is 0.926 bits per heavy atom. The minimum atomic E-state index is 0.0503. The second-order valence-corrected chi connectivity index (χ2v) is 16.8. The largest absolute Gasteiger partial charge is 0.355 e. The Labute approximate surface area is 317 Å². The third kappa shape index (κ3) is 4.54. The molecule has 1 N–H and O–H groups in total. The van der Waals surface area contributed by atoms with E-state index in [-0.39, 0.29) is 16.2 Å². The number of nitrogens with zero attached hydrogens (tertiary/aromatic N) is 2. The van der Waals surface area contributed by atoms with Crippen LogP contribution in [0.15, 0.2) is 158 Å². The molecule has 0 bridgehead atoms. The van der Waals surface area contributed by atoms with E-state index >= 15 is 0 Å². The van der Waals surface area contributed by atoms with Crippen molar-refractivity contribution in [2.24, 2.45) is 5.41 Å². The molecule has 2 heterocycles. The Hall–Kier alpha value is -6.06. The number of benzene rings is 7. The molecule has 3 nitrogen and oxygen atoms in total. The molecule has 3 heteroatoms. The van der Waals surface area contributed by atoms with Crippen molar-refractivity contribution in [3.05, 3.63) is 169 Å². The highest BCUT2D eigenvalue weighted by molar-refractivity contribution is 6.13. The standard InChI is InChI=1S/C51H45N3/c1-49(2)43-31-40-39-28-33(22-25-45(39)52-46(40)32-44(43)50(3,4)51(49,5)6)34-23-26-47-41(29-34)42-30-38(24-27-48(42)54(47)37-20-14-9-15-21-37)53(35-16-10-7-11-17-35)36-18-12-8-13-19-36/h7-32,52H,1-6H3. The van der Waals surface area contributed by atoms with Crippen LogP contribution in [0, 0.1) is 5.41 Å². The average molecular weight is 700 g/mol. The molecule has 0 fully saturated rings. The lowest BCUT2D eigenvalue weighted by molar-refractivity contribution is 0.125. The summed E-state index contributed by atoms with van der Waals surface area (Å²) in [6, 6.07) is 57.8. The van der Waals surface area contributed by atoms with E-state index in [4.69, 9.17) is 0 Å². The average Bonchev–Trinajstić information content (AvgIpc) is 3.75. The topological polar surface area (TPSA) is 24.0 Å². The molecule has 1 aliphatic rings. The molecule has 0 saturated carbocycles. The normalized spacial score (nSPS) is 15.7. The minimum absolute atomic E-state index is 0.0503. The predicted octanol–water partition coefficient (Wildman–Crippen LogP) is 14.1. The summed E-state index contributed by atoms with van der Waals surface area (Å²) in [6.07, 6.45) is 0. The van der Waals surface area contributed by atoms with Gasteiger partial charge in [-0.3, -0.25) is 0 Å². The minimum Gasteiger partial charge on any atom is -0.355 e. The highest BCUT2D eigenvalue weighted by Gasteiger charge is 2.56. The summed E-state index contributed by atoms with van der Waals surface area (Å²) >= 11 is 0. The molecule has 7 aromatic carbocycles. The first-order valence-electron chi connectivity index (χ1n) is 19.2. The van der Waals surface area contributed by atoms with Crippen LogP contribution in [-0.2, 0) is 10.8 Å². The summed E-state index contributed by atoms with van der Waals surface area (Å²) in [5, 5.41) is 5.04. The fourth-order valence-electron chi connectivity index (χ4n) is 9.40. The summed E-state index contributed by atoms with van der Waals surface area (Å²) < 4.78 is 2.40. The number of anilines is 3. The van der Waals surface area contributed by atoms with Crippen LogP contribution in [0.2, 0.25) is 0 Å². The van der Waals surface area contributed by atoms with Crippen LogP contribution in [0.1, 0.15) is 52.7 Å². The van der Waals surface area contributed by atoms with Crippen molar-refractivity contribution in [1.29, 1.82) is 0 Å². The summed E-state index contributed by atoms with van der Waals surface area (Å²) in [5.74, 6) is 0. The molecule has 10 rings (SSSR count). The van der Waals surface area contributed by atoms with E-state index in [0.29, 0.717) is 0 Å². The van der Waals surface area contributed by atoms with Gasteiger partial charge in [0, 0.05) is 55.3 Å². The van der Waals surface area contributed by atoms with Crippen molar-refractivity contribution >= 4 is 60.7 Å². The van der Waals surface area contributed by atoms with Gasteiger partial charge < -0.3 is 14.5 Å². The van der Waals surface area contributed by atoms with Gasteiger partial charge in [-0.1, -0.05) is 108 Å². The van der Waals surface area contributed by atoms with E-state index in [1.54, 1.807) is 0 Å². The van der Waals surface area contributed by atoms with Crippen molar-refractivity contribution in [3.8, 4) is 16.8 Å². The number of hydrogen-bond acceptors (Lipinski definition) is 1. The van der Waals surface area contributed by atoms with Crippen molar-refractivity contribution in [2.75, 3.05) is 4.90 Å². The molecule has 0 saturated heterocycles. The van der Waals surface area contributed by atoms with Crippen LogP contribution >= 0.6 is 0 Å². The SMILES string of the molecule is CC1(C)c2cc3[nH]c4ccc(-c5ccc6c(c5)c5cc(N(c7ccccc7)c7ccccc7)ccc5n6-c5ccccc5)cc4c3cc2C(C)(C)C1(C)C. The Kier molecular flexibility index (Phi) is 6.92. The van der Waals surface area contributed by atoms with Gasteiger partial charge in [0.2, 0.25) is 0 Å². The van der Waals surface area contributed by atoms with Crippen LogP contribution < -0.4 is 4.90 Å². The van der Waals surface area contributed by atoms with Crippen LogP contribution in [0.25, 0.3) is 60.4 Å². The van der Waals surface area contributed by atoms with Gasteiger partial charge in [0.05, 0.1) is 11.0 Å². The number of para-hydroxylation sites is 3. The van der Waals surface area contributed by atoms with Gasteiger partial charge in [0.25, 0.3) is 0 Å². The summed E-state index contributed by atoms with van der Waals surface area (Å²) in [4.78, 5) is 6.14. The summed E-state index contributed by atoms with van der Waals surface area (Å²) in [5.41, 5.74) is 14.9. The first-order chi connectivity index (χ1) is 26.0. The quantitative estimate of drug-likeness (QED) is 0.190. The number of rotatable bonds is 5. The zero-order valence-electron chi connectivity index (χ0n) is 31.9. The fraction of sp³-hybridized carbons (Fsp3) is 0.176. The number of aromatic amines is 1. The van der Waals surface area contributed by atoms with E-state index in [1.807, 2.05) is 0 Å². The molecule has 0 spiro atoms. The molecule has 0 radical (unpaired) electrons. The third-order valence-electron chi connectivity index (χ3n) is 13.6. The Morgan fingerprint density at radius 3 is 1.56 bits per heavy atom. The molecule has 0 unspecified atom stereocenters. The number of fused-ring (bicyclic) bond motifs is 7. The van der Waals surface area contributed by atoms with Crippen LogP contribution in [-0.4, -0.2) is 9.55 Å². The lowest BCUT2D eigenvalue weighted by Gasteiger charge is -2.44. The zero-order valence-corrected chi connectivity index (χ0v) is 31.9. The highest BCUT2D eigenvalue weighted by Crippen LogP contribution is 2.62. The van der Waals surface area contributed by atoms with Gasteiger partial charge in [0.15, 0.2) is 0 Å². The monoisotopic (exact) mass is 699 g/mol. The van der Waals surface area contributed by atoms with Gasteiger partial charge in [-0.25, -0.2) is 0 Å². The molecule has 0 aliphatic heterocycles. The van der Waals surface area contributed by atoms with Crippen LogP contribution in [0.5, 0.6) is 0 Å². The van der Waals surface area contributed by atoms with Gasteiger partial charge in [0.1, 0.15) is 0 Å². The van der Waals surface area contributed by atoms with Gasteiger partial charge in [-0.15, -0.1) is 0 Å². The van der Waals surface area contributed by atoms with Gasteiger partial charge in [-0.05, 0) is 129 Å². The second kappa shape index (κ2) is 11.5. The molecular weight excluding hydrogens is 655 g/mol. The van der Waals surface area contributed by atoms with Crippen LogP contribution in [0.4, 0.5) is 17.1 Å². The highest BCUT2D eigenvalue weighted by atomic mass is 15.1. The predicted molar refractivity (Wildman–Crippen MR) is 230 cm³/mol. The van der Waals surface area contributed by atoms with Gasteiger partial charge in [-0.2, -0.15) is 0 Å². The Morgan fingerprint density at radius 1 is 0.426 bits per heavy atom. The van der Waals surface area contributed by atoms with E-state index in [0.717, 1.165) is 22.7 Å². The maximum Gasteiger partial charge on any atom is 0.0542 e. The zero-order chi connectivity index (χ0) is 37.0. The van der Waals surface area contributed by atoms with Crippen molar-refractivity contribution in [3.63, 3.8) is 0 Å². The molecule has 0 atom stereocenters. The van der Waals surface area contributed by atoms with Crippen LogP contribution in [0.3, 0.4) is 0 Å². The van der Waals surface area contributed by atoms with E-state index < -0.39 is 0 Å². The van der Waals surface area contributed by atoms with E-state index in [1.165, 1.54) is 65.9 Å². The van der Waals surface area contributed by atoms with Crippen molar-refractivity contribution < 1.29 is 0 Å². The Bertz CT molecular complexity index is 2850. The first kappa shape index (κ1) is 32.6. The lowest BCUT2D eigenvalue weighted by atomic mass is 9.59. The third-order valence-corrected chi connectivity index (χ3v) is 13.6. The molecule has 2 aromatic heterocycles. The molecule has 9 aromatic rings.